The van der Waals surface area contributed by atoms with E-state index in [9.17, 15) is 14.4 Å². The lowest BCUT2D eigenvalue weighted by molar-refractivity contribution is -0.116. The molecule has 1 aromatic carbocycles. The van der Waals surface area contributed by atoms with Crippen LogP contribution in [0.5, 0.6) is 0 Å². The number of carbonyl (C=O) groups is 1. The van der Waals surface area contributed by atoms with Crippen molar-refractivity contribution in [2.75, 3.05) is 5.32 Å². The van der Waals surface area contributed by atoms with Gasteiger partial charge < -0.3 is 9.88 Å². The molecule has 1 N–H and O–H groups in total. The molecule has 0 saturated carbocycles. The zero-order valence-electron chi connectivity index (χ0n) is 16.2. The Bertz CT molecular complexity index is 1600. The molecule has 0 aliphatic heterocycles. The SMILES string of the molecule is Cc1nc2ccc3nc(NC(=O)Cn4cnc5c4c(=O)n(C)c(=O)n5C)sc3c2s1. The Morgan fingerprint density at radius 1 is 1.07 bits per heavy atom. The molecule has 152 valence electrons. The summed E-state index contributed by atoms with van der Waals surface area (Å²) in [7, 11) is 2.93. The fourth-order valence-corrected chi connectivity index (χ4v) is 5.39. The Kier molecular flexibility index (Phi) is 4.08. The number of rotatable bonds is 3. The molecule has 12 heteroatoms. The van der Waals surface area contributed by atoms with Crippen LogP contribution >= 0.6 is 22.7 Å². The van der Waals surface area contributed by atoms with Crippen molar-refractivity contribution in [3.05, 3.63) is 44.3 Å². The van der Waals surface area contributed by atoms with Gasteiger partial charge in [0.1, 0.15) is 6.54 Å². The fourth-order valence-electron chi connectivity index (χ4n) is 3.37. The largest absolute Gasteiger partial charge is 0.332 e. The maximum atomic E-state index is 12.6. The predicted octanol–water partition coefficient (Wildman–Crippen LogP) is 1.60. The molecule has 4 aromatic heterocycles. The molecule has 0 atom stereocenters. The lowest BCUT2D eigenvalue weighted by Gasteiger charge is -2.06. The Morgan fingerprint density at radius 3 is 2.53 bits per heavy atom. The molecule has 5 rings (SSSR count). The number of hydrogen-bond donors (Lipinski definition) is 1. The van der Waals surface area contributed by atoms with Crippen molar-refractivity contribution < 1.29 is 4.79 Å². The van der Waals surface area contributed by atoms with Gasteiger partial charge in [0.15, 0.2) is 16.3 Å². The van der Waals surface area contributed by atoms with Crippen molar-refractivity contribution >= 4 is 65.3 Å². The molecule has 5 aromatic rings. The van der Waals surface area contributed by atoms with E-state index in [4.69, 9.17) is 0 Å². The first-order valence-electron chi connectivity index (χ1n) is 8.91. The number of aromatic nitrogens is 6. The van der Waals surface area contributed by atoms with E-state index in [1.54, 1.807) is 11.3 Å². The maximum absolute atomic E-state index is 12.6. The number of carbonyl (C=O) groups excluding carboxylic acids is 1. The van der Waals surface area contributed by atoms with Gasteiger partial charge in [-0.15, -0.1) is 11.3 Å². The van der Waals surface area contributed by atoms with E-state index in [0.29, 0.717) is 5.13 Å². The van der Waals surface area contributed by atoms with E-state index < -0.39 is 11.2 Å². The van der Waals surface area contributed by atoms with Crippen LogP contribution in [-0.2, 0) is 25.4 Å². The number of thiazole rings is 2. The summed E-state index contributed by atoms with van der Waals surface area (Å²) in [6, 6.07) is 3.81. The number of fused-ring (bicyclic) bond motifs is 4. The van der Waals surface area contributed by atoms with Crippen LogP contribution in [0.25, 0.3) is 31.6 Å². The van der Waals surface area contributed by atoms with Crippen LogP contribution in [0, 0.1) is 6.92 Å². The third-order valence-electron chi connectivity index (χ3n) is 4.80. The van der Waals surface area contributed by atoms with Crippen LogP contribution in [0.1, 0.15) is 5.01 Å². The minimum absolute atomic E-state index is 0.130. The summed E-state index contributed by atoms with van der Waals surface area (Å²) in [5, 5.41) is 4.23. The van der Waals surface area contributed by atoms with Gasteiger partial charge in [-0.05, 0) is 19.1 Å². The van der Waals surface area contributed by atoms with Gasteiger partial charge >= 0.3 is 5.69 Å². The van der Waals surface area contributed by atoms with Crippen molar-refractivity contribution in [2.45, 2.75) is 13.5 Å². The van der Waals surface area contributed by atoms with Gasteiger partial charge in [0.05, 0.1) is 31.8 Å². The minimum atomic E-state index is -0.499. The molecule has 30 heavy (non-hydrogen) atoms. The molecule has 0 fully saturated rings. The van der Waals surface area contributed by atoms with Crippen molar-refractivity contribution in [1.82, 2.24) is 28.7 Å². The van der Waals surface area contributed by atoms with Crippen molar-refractivity contribution in [1.29, 1.82) is 0 Å². The highest BCUT2D eigenvalue weighted by molar-refractivity contribution is 7.28. The Labute approximate surface area is 176 Å². The van der Waals surface area contributed by atoms with Gasteiger partial charge in [-0.1, -0.05) is 11.3 Å². The van der Waals surface area contributed by atoms with Crippen molar-refractivity contribution in [3.63, 3.8) is 0 Å². The third kappa shape index (κ3) is 2.75. The van der Waals surface area contributed by atoms with Crippen LogP contribution in [0.2, 0.25) is 0 Å². The smallest absolute Gasteiger partial charge is 0.315 e. The summed E-state index contributed by atoms with van der Waals surface area (Å²) in [6.07, 6.45) is 1.38. The lowest BCUT2D eigenvalue weighted by atomic mass is 10.3. The molecule has 10 nitrogen and oxygen atoms in total. The van der Waals surface area contributed by atoms with Crippen LogP contribution < -0.4 is 16.6 Å². The number of benzene rings is 1. The van der Waals surface area contributed by atoms with Gasteiger partial charge in [-0.2, -0.15) is 0 Å². The molecule has 1 amide bonds. The second kappa shape index (κ2) is 6.57. The van der Waals surface area contributed by atoms with Crippen molar-refractivity contribution in [2.24, 2.45) is 14.1 Å². The van der Waals surface area contributed by atoms with Gasteiger partial charge in [-0.3, -0.25) is 18.7 Å². The highest BCUT2D eigenvalue weighted by Gasteiger charge is 2.17. The standard InChI is InChI=1S/C18H15N7O3S2/c1-8-20-9-4-5-10-14(13(9)29-8)30-17(21-10)22-11(26)6-25-7-19-15-12(25)16(27)24(3)18(28)23(15)2/h4-5,7H,6H2,1-3H3,(H,21,22,26). The summed E-state index contributed by atoms with van der Waals surface area (Å²) in [5.74, 6) is -0.346. The normalized spacial score (nSPS) is 11.7. The Morgan fingerprint density at radius 2 is 1.77 bits per heavy atom. The Balaban J connectivity index is 1.47. The number of amides is 1. The number of aryl methyl sites for hydroxylation is 2. The predicted molar refractivity (Wildman–Crippen MR) is 116 cm³/mol. The molecule has 0 saturated heterocycles. The first-order valence-corrected chi connectivity index (χ1v) is 10.5. The average molecular weight is 441 g/mol. The number of anilines is 1. The van der Waals surface area contributed by atoms with E-state index in [0.717, 1.165) is 30.0 Å². The zero-order valence-corrected chi connectivity index (χ0v) is 17.8. The lowest BCUT2D eigenvalue weighted by Crippen LogP contribution is -2.37. The van der Waals surface area contributed by atoms with Crippen LogP contribution in [0.4, 0.5) is 5.13 Å². The first kappa shape index (κ1) is 18.6. The van der Waals surface area contributed by atoms with E-state index in [2.05, 4.69) is 20.3 Å². The monoisotopic (exact) mass is 441 g/mol. The molecular weight excluding hydrogens is 426 g/mol. The molecule has 0 bridgehead atoms. The van der Waals surface area contributed by atoms with Gasteiger partial charge in [0.2, 0.25) is 5.91 Å². The maximum Gasteiger partial charge on any atom is 0.332 e. The molecule has 0 radical (unpaired) electrons. The quantitative estimate of drug-likeness (QED) is 0.455. The Hall–Kier alpha value is -3.38. The topological polar surface area (TPSA) is 117 Å². The van der Waals surface area contributed by atoms with E-state index in [-0.39, 0.29) is 23.6 Å². The molecular formula is C18H15N7O3S2. The molecule has 0 unspecified atom stereocenters. The second-order valence-electron chi connectivity index (χ2n) is 6.81. The second-order valence-corrected chi connectivity index (χ2v) is 9.01. The third-order valence-corrected chi connectivity index (χ3v) is 6.93. The highest BCUT2D eigenvalue weighted by atomic mass is 32.1. The van der Waals surface area contributed by atoms with Gasteiger partial charge in [0.25, 0.3) is 5.56 Å². The van der Waals surface area contributed by atoms with Crippen LogP contribution in [0.3, 0.4) is 0 Å². The summed E-state index contributed by atoms with van der Waals surface area (Å²) in [5.41, 5.74) is 1.17. The highest BCUT2D eigenvalue weighted by Crippen LogP contribution is 2.35. The van der Waals surface area contributed by atoms with Gasteiger partial charge in [-0.25, -0.2) is 19.7 Å². The van der Waals surface area contributed by atoms with E-state index >= 15 is 0 Å². The minimum Gasteiger partial charge on any atom is -0.315 e. The summed E-state index contributed by atoms with van der Waals surface area (Å²) < 4.78 is 5.73. The van der Waals surface area contributed by atoms with Crippen LogP contribution in [0.15, 0.2) is 28.0 Å². The fraction of sp³-hybridized carbons (Fsp3) is 0.222. The first-order chi connectivity index (χ1) is 14.3. The summed E-state index contributed by atoms with van der Waals surface area (Å²) in [6.45, 7) is 1.82. The summed E-state index contributed by atoms with van der Waals surface area (Å²) >= 11 is 2.98. The summed E-state index contributed by atoms with van der Waals surface area (Å²) in [4.78, 5) is 50.3. The number of nitrogens with zero attached hydrogens (tertiary/aromatic N) is 6. The average Bonchev–Trinajstić information content (AvgIpc) is 3.40. The van der Waals surface area contributed by atoms with E-state index in [1.807, 2.05) is 19.1 Å². The zero-order chi connectivity index (χ0) is 21.2. The number of imidazole rings is 1. The number of hydrogen-bond acceptors (Lipinski definition) is 8. The molecule has 4 heterocycles. The van der Waals surface area contributed by atoms with Gasteiger partial charge in [0, 0.05) is 14.1 Å². The molecule has 0 aliphatic carbocycles. The molecule has 0 spiro atoms. The van der Waals surface area contributed by atoms with Crippen molar-refractivity contribution in [3.8, 4) is 0 Å². The number of nitrogens with one attached hydrogen (secondary N) is 1. The van der Waals surface area contributed by atoms with E-state index in [1.165, 1.54) is 40.9 Å². The molecule has 0 aliphatic rings. The van der Waals surface area contributed by atoms with Crippen LogP contribution in [-0.4, -0.2) is 34.6 Å².